The molecule has 0 fully saturated rings. The van der Waals surface area contributed by atoms with Gasteiger partial charge in [-0.25, -0.2) is 5.26 Å². The molecule has 0 aliphatic carbocycles. The Kier molecular flexibility index (Phi) is 2.47. The maximum atomic E-state index is 9.26. The Morgan fingerprint density at radius 3 is 2.71 bits per heavy atom. The molecule has 4 aromatic rings. The van der Waals surface area contributed by atoms with Gasteiger partial charge in [0.2, 0.25) is 0 Å². The second-order valence-corrected chi connectivity index (χ2v) is 6.83. The lowest BCUT2D eigenvalue weighted by Crippen LogP contribution is -2.26. The molecule has 0 bridgehead atoms. The highest BCUT2D eigenvalue weighted by molar-refractivity contribution is 6.11. The largest absolute Gasteiger partial charge is 0.340 e. The number of para-hydroxylation sites is 1. The molecule has 1 N–H and O–H groups in total. The first-order valence-electron chi connectivity index (χ1n) is 7.97. The van der Waals surface area contributed by atoms with Gasteiger partial charge in [0.15, 0.2) is 5.75 Å². The molecule has 2 aromatic heterocycles. The third-order valence-electron chi connectivity index (χ3n) is 5.24. The van der Waals surface area contributed by atoms with E-state index in [1.54, 1.807) is 6.20 Å². The standard InChI is InChI=1S/C20H16N2O2/c1-20(2)15-5-3-4-6-17(15)22-18-11-21-8-7-13(18)14-9-12(24-23)10-16(20)19(14)22/h3-11,23H,1-2H3. The zero-order valence-corrected chi connectivity index (χ0v) is 13.4. The molecule has 0 atom stereocenters. The topological polar surface area (TPSA) is 47.3 Å². The van der Waals surface area contributed by atoms with E-state index in [2.05, 4.69) is 52.6 Å². The number of benzene rings is 2. The third kappa shape index (κ3) is 1.49. The Labute approximate surface area is 138 Å². The van der Waals surface area contributed by atoms with E-state index in [0.29, 0.717) is 5.75 Å². The SMILES string of the molecule is CC1(C)c2ccccc2-n2c3cnccc3c3cc(OO)cc1c32. The molecule has 1 aliphatic rings. The van der Waals surface area contributed by atoms with Gasteiger partial charge in [-0.3, -0.25) is 4.98 Å². The van der Waals surface area contributed by atoms with Crippen LogP contribution in [0.3, 0.4) is 0 Å². The third-order valence-corrected chi connectivity index (χ3v) is 5.24. The molecular weight excluding hydrogens is 300 g/mol. The summed E-state index contributed by atoms with van der Waals surface area (Å²) in [5.41, 5.74) is 5.59. The summed E-state index contributed by atoms with van der Waals surface area (Å²) in [7, 11) is 0. The van der Waals surface area contributed by atoms with Crippen LogP contribution in [0.15, 0.2) is 54.9 Å². The molecule has 1 aliphatic heterocycles. The van der Waals surface area contributed by atoms with Crippen LogP contribution in [0.5, 0.6) is 5.75 Å². The fourth-order valence-electron chi connectivity index (χ4n) is 4.09. The summed E-state index contributed by atoms with van der Waals surface area (Å²) >= 11 is 0. The van der Waals surface area contributed by atoms with Crippen molar-refractivity contribution in [2.24, 2.45) is 0 Å². The van der Waals surface area contributed by atoms with Crippen LogP contribution in [0.2, 0.25) is 0 Å². The van der Waals surface area contributed by atoms with Crippen molar-refractivity contribution in [2.75, 3.05) is 0 Å². The molecule has 3 heterocycles. The van der Waals surface area contributed by atoms with Crippen LogP contribution < -0.4 is 4.89 Å². The molecule has 0 radical (unpaired) electrons. The fourth-order valence-corrected chi connectivity index (χ4v) is 4.09. The quantitative estimate of drug-likeness (QED) is 0.410. The van der Waals surface area contributed by atoms with Gasteiger partial charge in [0.1, 0.15) is 0 Å². The minimum Gasteiger partial charge on any atom is -0.340 e. The van der Waals surface area contributed by atoms with Crippen molar-refractivity contribution >= 4 is 21.8 Å². The number of aromatic nitrogens is 2. The summed E-state index contributed by atoms with van der Waals surface area (Å²) in [5, 5.41) is 11.4. The van der Waals surface area contributed by atoms with E-state index in [1.165, 1.54) is 11.3 Å². The van der Waals surface area contributed by atoms with Gasteiger partial charge in [-0.15, -0.1) is 0 Å². The highest BCUT2D eigenvalue weighted by atomic mass is 17.1. The monoisotopic (exact) mass is 316 g/mol. The summed E-state index contributed by atoms with van der Waals surface area (Å²) in [6.45, 7) is 4.42. The van der Waals surface area contributed by atoms with Crippen molar-refractivity contribution in [3.63, 3.8) is 0 Å². The average molecular weight is 316 g/mol. The maximum Gasteiger partial charge on any atom is 0.166 e. The van der Waals surface area contributed by atoms with Crippen LogP contribution in [-0.4, -0.2) is 14.8 Å². The molecule has 2 aromatic carbocycles. The molecule has 0 amide bonds. The Morgan fingerprint density at radius 1 is 1.04 bits per heavy atom. The average Bonchev–Trinajstić information content (AvgIpc) is 2.94. The van der Waals surface area contributed by atoms with E-state index >= 15 is 0 Å². The molecule has 0 spiro atoms. The smallest absolute Gasteiger partial charge is 0.166 e. The molecular formula is C20H16N2O2. The van der Waals surface area contributed by atoms with Crippen LogP contribution in [0.25, 0.3) is 27.5 Å². The van der Waals surface area contributed by atoms with E-state index in [9.17, 15) is 5.26 Å². The van der Waals surface area contributed by atoms with Crippen molar-refractivity contribution in [1.29, 1.82) is 0 Å². The first-order chi connectivity index (χ1) is 11.6. The summed E-state index contributed by atoms with van der Waals surface area (Å²) in [6, 6.07) is 14.3. The Hall–Kier alpha value is -2.85. The molecule has 0 unspecified atom stereocenters. The number of rotatable bonds is 1. The van der Waals surface area contributed by atoms with E-state index in [0.717, 1.165) is 27.4 Å². The molecule has 0 saturated heterocycles. The fraction of sp³-hybridized carbons (Fsp3) is 0.150. The zero-order valence-electron chi connectivity index (χ0n) is 13.4. The number of hydrogen-bond acceptors (Lipinski definition) is 3. The lowest BCUT2D eigenvalue weighted by molar-refractivity contribution is -0.137. The van der Waals surface area contributed by atoms with Crippen LogP contribution in [-0.2, 0) is 5.41 Å². The van der Waals surface area contributed by atoms with Gasteiger partial charge in [-0.1, -0.05) is 32.0 Å². The molecule has 5 rings (SSSR count). The number of fused-ring (bicyclic) bond motifs is 5. The first-order valence-corrected chi connectivity index (χ1v) is 7.97. The summed E-state index contributed by atoms with van der Waals surface area (Å²) in [4.78, 5) is 8.92. The lowest BCUT2D eigenvalue weighted by atomic mass is 9.74. The van der Waals surface area contributed by atoms with Gasteiger partial charge in [-0.05, 0) is 35.4 Å². The second kappa shape index (κ2) is 4.36. The van der Waals surface area contributed by atoms with Crippen LogP contribution >= 0.6 is 0 Å². The van der Waals surface area contributed by atoms with Gasteiger partial charge in [0.25, 0.3) is 0 Å². The molecule has 118 valence electrons. The number of pyridine rings is 1. The lowest BCUT2D eigenvalue weighted by Gasteiger charge is -2.34. The minimum atomic E-state index is -0.193. The maximum absolute atomic E-state index is 9.26. The Morgan fingerprint density at radius 2 is 1.88 bits per heavy atom. The zero-order chi connectivity index (χ0) is 16.5. The summed E-state index contributed by atoms with van der Waals surface area (Å²) in [5.74, 6) is 0.459. The van der Waals surface area contributed by atoms with Gasteiger partial charge in [-0.2, -0.15) is 0 Å². The number of nitrogens with zero attached hydrogens (tertiary/aromatic N) is 2. The molecule has 4 heteroatoms. The summed E-state index contributed by atoms with van der Waals surface area (Å²) in [6.07, 6.45) is 3.70. The highest BCUT2D eigenvalue weighted by Gasteiger charge is 2.35. The van der Waals surface area contributed by atoms with Crippen LogP contribution in [0.1, 0.15) is 25.0 Å². The van der Waals surface area contributed by atoms with Crippen molar-refractivity contribution in [2.45, 2.75) is 19.3 Å². The first kappa shape index (κ1) is 13.6. The van der Waals surface area contributed by atoms with E-state index in [1.807, 2.05) is 24.4 Å². The van der Waals surface area contributed by atoms with Gasteiger partial charge < -0.3 is 9.45 Å². The molecule has 0 saturated carbocycles. The van der Waals surface area contributed by atoms with Crippen molar-refractivity contribution < 1.29 is 10.1 Å². The van der Waals surface area contributed by atoms with Gasteiger partial charge in [0.05, 0.1) is 22.9 Å². The predicted molar refractivity (Wildman–Crippen MR) is 94.0 cm³/mol. The molecule has 24 heavy (non-hydrogen) atoms. The van der Waals surface area contributed by atoms with Crippen molar-refractivity contribution in [1.82, 2.24) is 9.55 Å². The van der Waals surface area contributed by atoms with Crippen LogP contribution in [0.4, 0.5) is 0 Å². The van der Waals surface area contributed by atoms with Crippen LogP contribution in [0, 0.1) is 0 Å². The van der Waals surface area contributed by atoms with Gasteiger partial charge >= 0.3 is 0 Å². The van der Waals surface area contributed by atoms with E-state index < -0.39 is 0 Å². The minimum absolute atomic E-state index is 0.193. The normalized spacial score (nSPS) is 14.8. The Balaban J connectivity index is 2.12. The highest BCUT2D eigenvalue weighted by Crippen LogP contribution is 2.48. The van der Waals surface area contributed by atoms with Crippen molar-refractivity contribution in [3.05, 3.63) is 66.0 Å². The number of hydrogen-bond donors (Lipinski definition) is 1. The van der Waals surface area contributed by atoms with E-state index in [-0.39, 0.29) is 5.41 Å². The second-order valence-electron chi connectivity index (χ2n) is 6.83. The summed E-state index contributed by atoms with van der Waals surface area (Å²) < 4.78 is 2.27. The van der Waals surface area contributed by atoms with Gasteiger partial charge in [0, 0.05) is 22.4 Å². The molecule has 4 nitrogen and oxygen atoms in total. The van der Waals surface area contributed by atoms with Crippen molar-refractivity contribution in [3.8, 4) is 11.4 Å². The Bertz CT molecular complexity index is 1130. The van der Waals surface area contributed by atoms with E-state index in [4.69, 9.17) is 0 Å². The predicted octanol–water partition coefficient (Wildman–Crippen LogP) is 4.67.